The molecule has 0 fully saturated rings. The van der Waals surface area contributed by atoms with Crippen molar-refractivity contribution in [2.45, 2.75) is 6.42 Å². The van der Waals surface area contributed by atoms with Gasteiger partial charge in [0.15, 0.2) is 10.8 Å². The van der Waals surface area contributed by atoms with Crippen molar-refractivity contribution >= 4 is 39.4 Å². The first-order valence-electron chi connectivity index (χ1n) is 10.2. The van der Waals surface area contributed by atoms with Gasteiger partial charge in [-0.25, -0.2) is 19.7 Å². The summed E-state index contributed by atoms with van der Waals surface area (Å²) in [6, 6.07) is 20.0. The molecule has 0 aliphatic heterocycles. The number of aromatic nitrogens is 4. The van der Waals surface area contributed by atoms with Gasteiger partial charge in [-0.1, -0.05) is 36.4 Å². The minimum absolute atomic E-state index is 0.255. The van der Waals surface area contributed by atoms with E-state index in [0.29, 0.717) is 39.8 Å². The van der Waals surface area contributed by atoms with Crippen molar-refractivity contribution in [1.29, 1.82) is 0 Å². The van der Waals surface area contributed by atoms with E-state index in [9.17, 15) is 9.59 Å². The highest BCUT2D eigenvalue weighted by Crippen LogP contribution is 2.19. The van der Waals surface area contributed by atoms with Gasteiger partial charge in [0.1, 0.15) is 11.2 Å². The highest BCUT2D eigenvalue weighted by Gasteiger charge is 2.15. The number of pyridine rings is 1. The molecule has 5 aromatic rings. The maximum Gasteiger partial charge on any atom is 0.325 e. The number of urea groups is 1. The zero-order valence-electron chi connectivity index (χ0n) is 17.3. The van der Waals surface area contributed by atoms with E-state index in [4.69, 9.17) is 0 Å². The van der Waals surface area contributed by atoms with Gasteiger partial charge in [0.25, 0.3) is 5.56 Å². The van der Waals surface area contributed by atoms with Crippen LogP contribution in [0.2, 0.25) is 0 Å². The van der Waals surface area contributed by atoms with E-state index in [2.05, 4.69) is 25.6 Å². The Morgan fingerprint density at radius 2 is 1.82 bits per heavy atom. The molecule has 162 valence electrons. The number of fused-ring (bicyclic) bond motifs is 1. The lowest BCUT2D eigenvalue weighted by Gasteiger charge is -2.13. The van der Waals surface area contributed by atoms with Crippen LogP contribution in [0.15, 0.2) is 89.3 Å². The summed E-state index contributed by atoms with van der Waals surface area (Å²) in [6.07, 6.45) is 3.64. The smallest absolute Gasteiger partial charge is 0.308 e. The molecule has 2 amide bonds. The van der Waals surface area contributed by atoms with E-state index in [1.165, 1.54) is 15.9 Å². The molecule has 2 N–H and O–H groups in total. The minimum Gasteiger partial charge on any atom is -0.308 e. The molecule has 8 nitrogen and oxygen atoms in total. The summed E-state index contributed by atoms with van der Waals surface area (Å²) in [4.78, 5) is 38.8. The Bertz CT molecular complexity index is 1480. The monoisotopic (exact) mass is 454 g/mol. The molecule has 0 atom stereocenters. The molecule has 9 heteroatoms. The van der Waals surface area contributed by atoms with E-state index in [1.54, 1.807) is 48.1 Å². The number of carbonyl (C=O) groups is 1. The molecule has 2 aromatic carbocycles. The summed E-state index contributed by atoms with van der Waals surface area (Å²) in [5.74, 6) is 0. The fraction of sp³-hybridized carbons (Fsp3) is 0.0417. The third-order valence-corrected chi connectivity index (χ3v) is 5.60. The van der Waals surface area contributed by atoms with Crippen molar-refractivity contribution < 1.29 is 4.79 Å². The lowest BCUT2D eigenvalue weighted by molar-refractivity contribution is 0.262. The second-order valence-corrected chi connectivity index (χ2v) is 8.07. The zero-order chi connectivity index (χ0) is 22.6. The molecule has 0 saturated carbocycles. The Balaban J connectivity index is 1.54. The number of benzene rings is 2. The largest absolute Gasteiger partial charge is 0.325 e. The maximum atomic E-state index is 13.5. The topological polar surface area (TPSA) is 102 Å². The summed E-state index contributed by atoms with van der Waals surface area (Å²) < 4.78 is 1.53. The first-order valence-corrected chi connectivity index (χ1v) is 11.0. The standard InChI is InChI=1S/C24H18N6O2S/c31-22-20(14-16-6-2-1-3-7-16)28-19-10-5-11-25-21(19)30(22)18-9-4-8-17(15-18)27-23(32)29-24-26-12-13-33-24/h1-13,15H,14H2,(H2,26,27,29,32). The van der Waals surface area contributed by atoms with Crippen molar-refractivity contribution in [3.8, 4) is 5.69 Å². The van der Waals surface area contributed by atoms with Gasteiger partial charge in [-0.15, -0.1) is 11.3 Å². The Labute approximate surface area is 192 Å². The number of rotatable bonds is 5. The molecule has 0 bridgehead atoms. The van der Waals surface area contributed by atoms with E-state index in [1.807, 2.05) is 36.4 Å². The maximum absolute atomic E-state index is 13.5. The predicted octanol–water partition coefficient (Wildman–Crippen LogP) is 4.47. The molecule has 3 aromatic heterocycles. The second-order valence-electron chi connectivity index (χ2n) is 7.17. The van der Waals surface area contributed by atoms with Gasteiger partial charge < -0.3 is 5.32 Å². The van der Waals surface area contributed by atoms with Gasteiger partial charge in [-0.3, -0.25) is 14.7 Å². The van der Waals surface area contributed by atoms with Crippen LogP contribution in [-0.4, -0.2) is 25.6 Å². The molecule has 0 aliphatic carbocycles. The number of amides is 2. The fourth-order valence-electron chi connectivity index (χ4n) is 3.48. The number of hydrogen-bond donors (Lipinski definition) is 2. The van der Waals surface area contributed by atoms with Crippen LogP contribution < -0.4 is 16.2 Å². The molecule has 0 radical (unpaired) electrons. The lowest BCUT2D eigenvalue weighted by Crippen LogP contribution is -2.25. The fourth-order valence-corrected chi connectivity index (χ4v) is 4.00. The average molecular weight is 455 g/mol. The van der Waals surface area contributed by atoms with Crippen molar-refractivity contribution in [3.05, 3.63) is 106 Å². The Morgan fingerprint density at radius 3 is 2.64 bits per heavy atom. The van der Waals surface area contributed by atoms with E-state index in [-0.39, 0.29) is 5.56 Å². The van der Waals surface area contributed by atoms with Crippen molar-refractivity contribution in [1.82, 2.24) is 19.5 Å². The van der Waals surface area contributed by atoms with Crippen LogP contribution >= 0.6 is 11.3 Å². The van der Waals surface area contributed by atoms with Gasteiger partial charge in [0.2, 0.25) is 0 Å². The average Bonchev–Trinajstić information content (AvgIpc) is 3.33. The third-order valence-electron chi connectivity index (χ3n) is 4.91. The van der Waals surface area contributed by atoms with Crippen molar-refractivity contribution in [2.75, 3.05) is 10.6 Å². The summed E-state index contributed by atoms with van der Waals surface area (Å²) in [6.45, 7) is 0. The number of nitrogens with one attached hydrogen (secondary N) is 2. The van der Waals surface area contributed by atoms with E-state index in [0.717, 1.165) is 5.56 Å². The highest BCUT2D eigenvalue weighted by molar-refractivity contribution is 7.13. The van der Waals surface area contributed by atoms with Crippen LogP contribution in [0.4, 0.5) is 15.6 Å². The van der Waals surface area contributed by atoms with Crippen molar-refractivity contribution in [3.63, 3.8) is 0 Å². The summed E-state index contributed by atoms with van der Waals surface area (Å²) in [5.41, 5.74) is 3.32. The number of nitrogens with zero attached hydrogens (tertiary/aromatic N) is 4. The summed E-state index contributed by atoms with van der Waals surface area (Å²) in [7, 11) is 0. The Morgan fingerprint density at radius 1 is 0.939 bits per heavy atom. The summed E-state index contributed by atoms with van der Waals surface area (Å²) in [5, 5.41) is 7.72. The first kappa shape index (κ1) is 20.5. The molecule has 0 unspecified atom stereocenters. The normalized spacial score (nSPS) is 10.8. The van der Waals surface area contributed by atoms with Crippen molar-refractivity contribution in [2.24, 2.45) is 0 Å². The van der Waals surface area contributed by atoms with Crippen LogP contribution in [0.3, 0.4) is 0 Å². The Hall–Kier alpha value is -4.37. The summed E-state index contributed by atoms with van der Waals surface area (Å²) >= 11 is 1.32. The number of anilines is 2. The number of hydrogen-bond acceptors (Lipinski definition) is 6. The highest BCUT2D eigenvalue weighted by atomic mass is 32.1. The first-order chi connectivity index (χ1) is 16.2. The van der Waals surface area contributed by atoms with Crippen LogP contribution in [-0.2, 0) is 6.42 Å². The number of thiazole rings is 1. The van der Waals surface area contributed by atoms with Gasteiger partial charge in [-0.2, -0.15) is 0 Å². The molecule has 3 heterocycles. The van der Waals surface area contributed by atoms with Gasteiger partial charge >= 0.3 is 6.03 Å². The molecular weight excluding hydrogens is 436 g/mol. The zero-order valence-corrected chi connectivity index (χ0v) is 18.1. The van der Waals surface area contributed by atoms with Gasteiger partial charge in [0, 0.05) is 29.9 Å². The molecule has 0 saturated heterocycles. The quantitative estimate of drug-likeness (QED) is 0.408. The van der Waals surface area contributed by atoms with Crippen LogP contribution in [0, 0.1) is 0 Å². The molecule has 0 aliphatic rings. The molecule has 33 heavy (non-hydrogen) atoms. The predicted molar refractivity (Wildman–Crippen MR) is 129 cm³/mol. The van der Waals surface area contributed by atoms with Gasteiger partial charge in [0.05, 0.1) is 5.69 Å². The molecule has 0 spiro atoms. The minimum atomic E-state index is -0.420. The number of carbonyl (C=O) groups excluding carboxylic acids is 1. The van der Waals surface area contributed by atoms with E-state index >= 15 is 0 Å². The Kier molecular flexibility index (Phi) is 5.61. The van der Waals surface area contributed by atoms with Gasteiger partial charge in [-0.05, 0) is 35.9 Å². The molecule has 5 rings (SSSR count). The second kappa shape index (κ2) is 9.01. The third kappa shape index (κ3) is 4.48. The van der Waals surface area contributed by atoms with Crippen LogP contribution in [0.25, 0.3) is 16.9 Å². The lowest BCUT2D eigenvalue weighted by atomic mass is 10.1. The molecular formula is C24H18N6O2S. The SMILES string of the molecule is O=C(Nc1cccc(-n2c(=O)c(Cc3ccccc3)nc3cccnc32)c1)Nc1nccs1. The van der Waals surface area contributed by atoms with Crippen LogP contribution in [0.1, 0.15) is 11.3 Å². The van der Waals surface area contributed by atoms with E-state index < -0.39 is 6.03 Å². The van der Waals surface area contributed by atoms with Crippen LogP contribution in [0.5, 0.6) is 0 Å².